The third kappa shape index (κ3) is 3.14. The number of hydrogen-bond acceptors (Lipinski definition) is 3. The van der Waals surface area contributed by atoms with Gasteiger partial charge >= 0.3 is 0 Å². The minimum Gasteiger partial charge on any atom is -0.351 e. The number of amides is 1. The van der Waals surface area contributed by atoms with E-state index in [9.17, 15) is 4.79 Å². The average molecular weight is 294 g/mol. The molecule has 0 aliphatic rings. The van der Waals surface area contributed by atoms with Crippen molar-refractivity contribution < 1.29 is 4.79 Å². The van der Waals surface area contributed by atoms with E-state index in [0.29, 0.717) is 12.2 Å². The summed E-state index contributed by atoms with van der Waals surface area (Å²) in [6, 6.07) is 13.5. The Balaban J connectivity index is 1.52. The van der Waals surface area contributed by atoms with Crippen LogP contribution in [-0.4, -0.2) is 27.0 Å². The molecular weight excluding hydrogens is 276 g/mol. The van der Waals surface area contributed by atoms with E-state index < -0.39 is 0 Å². The van der Waals surface area contributed by atoms with Crippen LogP contribution in [0.3, 0.4) is 0 Å². The van der Waals surface area contributed by atoms with Crippen LogP contribution in [-0.2, 0) is 6.54 Å². The minimum atomic E-state index is -0.126. The summed E-state index contributed by atoms with van der Waals surface area (Å²) in [7, 11) is 0. The molecule has 3 rings (SSSR count). The normalized spacial score (nSPS) is 10.8. The second-order valence-electron chi connectivity index (χ2n) is 5.20. The predicted molar refractivity (Wildman–Crippen MR) is 85.7 cm³/mol. The molecule has 1 aromatic carbocycles. The number of carbonyl (C=O) groups excluding carboxylic acids is 1. The van der Waals surface area contributed by atoms with E-state index in [1.54, 1.807) is 6.07 Å². The molecular formula is C17H18N4O. The Morgan fingerprint density at radius 2 is 2.05 bits per heavy atom. The molecule has 0 atom stereocenters. The molecule has 5 nitrogen and oxygen atoms in total. The van der Waals surface area contributed by atoms with E-state index in [2.05, 4.69) is 25.9 Å². The van der Waals surface area contributed by atoms with Crippen molar-refractivity contribution in [3.05, 3.63) is 60.2 Å². The van der Waals surface area contributed by atoms with Gasteiger partial charge in [0.05, 0.1) is 17.4 Å². The van der Waals surface area contributed by atoms with Crippen LogP contribution in [0.5, 0.6) is 0 Å². The van der Waals surface area contributed by atoms with E-state index in [0.717, 1.165) is 29.7 Å². The Kier molecular flexibility index (Phi) is 4.14. The SMILES string of the molecule is Cc1cccc(C(=O)NCCCn2cnc3ccccc32)n1. The lowest BCUT2D eigenvalue weighted by Crippen LogP contribution is -2.26. The molecule has 112 valence electrons. The first-order chi connectivity index (χ1) is 10.7. The van der Waals surface area contributed by atoms with E-state index >= 15 is 0 Å². The number of para-hydroxylation sites is 2. The zero-order valence-electron chi connectivity index (χ0n) is 12.5. The number of hydrogen-bond donors (Lipinski definition) is 1. The van der Waals surface area contributed by atoms with Gasteiger partial charge in [-0.3, -0.25) is 4.79 Å². The maximum absolute atomic E-state index is 12.0. The lowest BCUT2D eigenvalue weighted by molar-refractivity contribution is 0.0947. The van der Waals surface area contributed by atoms with E-state index in [-0.39, 0.29) is 5.91 Å². The molecule has 0 aliphatic carbocycles. The molecule has 0 spiro atoms. The van der Waals surface area contributed by atoms with Gasteiger partial charge < -0.3 is 9.88 Å². The molecule has 0 bridgehead atoms. The largest absolute Gasteiger partial charge is 0.351 e. The smallest absolute Gasteiger partial charge is 0.269 e. The molecule has 2 heterocycles. The number of aromatic nitrogens is 3. The molecule has 22 heavy (non-hydrogen) atoms. The maximum Gasteiger partial charge on any atom is 0.269 e. The fourth-order valence-corrected chi connectivity index (χ4v) is 2.40. The number of imidazole rings is 1. The first-order valence-corrected chi connectivity index (χ1v) is 7.36. The summed E-state index contributed by atoms with van der Waals surface area (Å²) in [5.74, 6) is -0.126. The zero-order chi connectivity index (χ0) is 15.4. The highest BCUT2D eigenvalue weighted by Crippen LogP contribution is 2.11. The average Bonchev–Trinajstić information content (AvgIpc) is 2.95. The summed E-state index contributed by atoms with van der Waals surface area (Å²) in [5, 5.41) is 2.90. The van der Waals surface area contributed by atoms with Gasteiger partial charge in [0.25, 0.3) is 5.91 Å². The van der Waals surface area contributed by atoms with Gasteiger partial charge in [0, 0.05) is 18.8 Å². The second-order valence-corrected chi connectivity index (χ2v) is 5.20. The van der Waals surface area contributed by atoms with Gasteiger partial charge in [-0.1, -0.05) is 18.2 Å². The van der Waals surface area contributed by atoms with Gasteiger partial charge in [0.15, 0.2) is 0 Å². The summed E-state index contributed by atoms with van der Waals surface area (Å²) >= 11 is 0. The van der Waals surface area contributed by atoms with Gasteiger partial charge in [-0.25, -0.2) is 9.97 Å². The molecule has 0 unspecified atom stereocenters. The van der Waals surface area contributed by atoms with Crippen molar-refractivity contribution in [2.24, 2.45) is 0 Å². The Hall–Kier alpha value is -2.69. The molecule has 0 saturated carbocycles. The molecule has 3 aromatic rings. The van der Waals surface area contributed by atoms with Gasteiger partial charge in [0.1, 0.15) is 5.69 Å². The van der Waals surface area contributed by atoms with Crippen molar-refractivity contribution in [1.82, 2.24) is 19.9 Å². The molecule has 0 fully saturated rings. The Morgan fingerprint density at radius 1 is 1.18 bits per heavy atom. The number of nitrogens with one attached hydrogen (secondary N) is 1. The molecule has 0 aliphatic heterocycles. The first-order valence-electron chi connectivity index (χ1n) is 7.36. The predicted octanol–water partition coefficient (Wildman–Crippen LogP) is 2.56. The number of nitrogens with zero attached hydrogens (tertiary/aromatic N) is 3. The van der Waals surface area contributed by atoms with Crippen molar-refractivity contribution >= 4 is 16.9 Å². The summed E-state index contributed by atoms with van der Waals surface area (Å²) < 4.78 is 2.10. The van der Waals surface area contributed by atoms with Crippen LogP contribution in [0.1, 0.15) is 22.6 Å². The number of pyridine rings is 1. The molecule has 0 saturated heterocycles. The third-order valence-corrected chi connectivity index (χ3v) is 3.51. The topological polar surface area (TPSA) is 59.8 Å². The fraction of sp³-hybridized carbons (Fsp3) is 0.235. The highest BCUT2D eigenvalue weighted by molar-refractivity contribution is 5.92. The van der Waals surface area contributed by atoms with Crippen molar-refractivity contribution in [2.75, 3.05) is 6.54 Å². The Morgan fingerprint density at radius 3 is 2.91 bits per heavy atom. The lowest BCUT2D eigenvalue weighted by Gasteiger charge is -2.06. The van der Waals surface area contributed by atoms with E-state index in [1.807, 2.05) is 43.6 Å². The summed E-state index contributed by atoms with van der Waals surface area (Å²) in [6.45, 7) is 3.31. The van der Waals surface area contributed by atoms with Crippen molar-refractivity contribution in [3.63, 3.8) is 0 Å². The van der Waals surface area contributed by atoms with Gasteiger partial charge in [0.2, 0.25) is 0 Å². The van der Waals surface area contributed by atoms with E-state index in [1.165, 1.54) is 0 Å². The molecule has 5 heteroatoms. The third-order valence-electron chi connectivity index (χ3n) is 3.51. The van der Waals surface area contributed by atoms with Gasteiger partial charge in [-0.2, -0.15) is 0 Å². The van der Waals surface area contributed by atoms with Crippen LogP contribution in [0.15, 0.2) is 48.8 Å². The van der Waals surface area contributed by atoms with Crippen LogP contribution in [0.2, 0.25) is 0 Å². The van der Waals surface area contributed by atoms with Crippen molar-refractivity contribution in [1.29, 1.82) is 0 Å². The standard InChI is InChI=1S/C17H18N4O/c1-13-6-4-8-15(20-13)17(22)18-10-5-11-21-12-19-14-7-2-3-9-16(14)21/h2-4,6-9,12H,5,10-11H2,1H3,(H,18,22). The van der Waals surface area contributed by atoms with Gasteiger partial charge in [-0.15, -0.1) is 0 Å². The zero-order valence-corrected chi connectivity index (χ0v) is 12.5. The molecule has 0 radical (unpaired) electrons. The molecule has 2 aromatic heterocycles. The van der Waals surface area contributed by atoms with Crippen molar-refractivity contribution in [2.45, 2.75) is 19.9 Å². The minimum absolute atomic E-state index is 0.126. The van der Waals surface area contributed by atoms with Crippen LogP contribution in [0, 0.1) is 6.92 Å². The highest BCUT2D eigenvalue weighted by Gasteiger charge is 2.06. The number of rotatable bonds is 5. The Labute approximate surface area is 129 Å². The summed E-state index contributed by atoms with van der Waals surface area (Å²) in [5.41, 5.74) is 3.43. The van der Waals surface area contributed by atoms with Crippen LogP contribution in [0.25, 0.3) is 11.0 Å². The van der Waals surface area contributed by atoms with Crippen molar-refractivity contribution in [3.8, 4) is 0 Å². The number of carbonyl (C=O) groups is 1. The maximum atomic E-state index is 12.0. The monoisotopic (exact) mass is 294 g/mol. The number of benzene rings is 1. The Bertz CT molecular complexity index is 794. The van der Waals surface area contributed by atoms with Gasteiger partial charge in [-0.05, 0) is 37.6 Å². The summed E-state index contributed by atoms with van der Waals surface area (Å²) in [6.07, 6.45) is 2.69. The fourth-order valence-electron chi connectivity index (χ4n) is 2.40. The number of fused-ring (bicyclic) bond motifs is 1. The lowest BCUT2D eigenvalue weighted by atomic mass is 10.3. The molecule has 1 N–H and O–H groups in total. The molecule has 1 amide bonds. The van der Waals surface area contributed by atoms with Crippen LogP contribution in [0.4, 0.5) is 0 Å². The quantitative estimate of drug-likeness (QED) is 0.736. The van der Waals surface area contributed by atoms with Crippen LogP contribution < -0.4 is 5.32 Å². The second kappa shape index (κ2) is 6.39. The summed E-state index contributed by atoms with van der Waals surface area (Å²) in [4.78, 5) is 20.5. The highest BCUT2D eigenvalue weighted by atomic mass is 16.1. The first kappa shape index (κ1) is 14.3. The van der Waals surface area contributed by atoms with Crippen LogP contribution >= 0.6 is 0 Å². The number of aryl methyl sites for hydroxylation is 2. The van der Waals surface area contributed by atoms with E-state index in [4.69, 9.17) is 0 Å².